The zero-order chi connectivity index (χ0) is 31.5. The SMILES string of the molecule is [CH2]C(COC(=O)CCCCCCC/C=C\CCCCCCCC)OC(=O)CCCCCCC/C=C\CCCCCCCC. The molecular formula is C39H71O4. The van der Waals surface area contributed by atoms with E-state index >= 15 is 0 Å². The van der Waals surface area contributed by atoms with Crippen LogP contribution in [0.4, 0.5) is 0 Å². The molecule has 0 rings (SSSR count). The van der Waals surface area contributed by atoms with Gasteiger partial charge in [-0.2, -0.15) is 0 Å². The van der Waals surface area contributed by atoms with E-state index < -0.39 is 6.10 Å². The summed E-state index contributed by atoms with van der Waals surface area (Å²) < 4.78 is 10.6. The van der Waals surface area contributed by atoms with Crippen LogP contribution in [0.1, 0.15) is 194 Å². The third-order valence-corrected chi connectivity index (χ3v) is 8.01. The van der Waals surface area contributed by atoms with Crippen LogP contribution < -0.4 is 0 Å². The van der Waals surface area contributed by atoms with Gasteiger partial charge in [0.1, 0.15) is 12.7 Å². The maximum Gasteiger partial charge on any atom is 0.306 e. The molecule has 0 aliphatic carbocycles. The highest BCUT2D eigenvalue weighted by Crippen LogP contribution is 2.12. The number of ether oxygens (including phenoxy) is 2. The zero-order valence-electron chi connectivity index (χ0n) is 28.7. The van der Waals surface area contributed by atoms with Crippen LogP contribution in [0.15, 0.2) is 24.3 Å². The van der Waals surface area contributed by atoms with Crippen LogP contribution in [0, 0.1) is 6.92 Å². The molecule has 0 spiro atoms. The molecule has 0 amide bonds. The van der Waals surface area contributed by atoms with Crippen molar-refractivity contribution in [2.45, 2.75) is 200 Å². The van der Waals surface area contributed by atoms with Crippen molar-refractivity contribution in [1.29, 1.82) is 0 Å². The molecule has 4 nitrogen and oxygen atoms in total. The fraction of sp³-hybridized carbons (Fsp3) is 0.821. The summed E-state index contributed by atoms with van der Waals surface area (Å²) in [5, 5.41) is 0. The molecule has 0 aromatic carbocycles. The second kappa shape index (κ2) is 34.9. The minimum Gasteiger partial charge on any atom is -0.462 e. The molecule has 1 atom stereocenters. The van der Waals surface area contributed by atoms with Gasteiger partial charge in [-0.25, -0.2) is 0 Å². The van der Waals surface area contributed by atoms with Gasteiger partial charge in [-0.3, -0.25) is 9.59 Å². The third kappa shape index (κ3) is 34.8. The zero-order valence-corrected chi connectivity index (χ0v) is 28.7. The van der Waals surface area contributed by atoms with Crippen LogP contribution in [-0.2, 0) is 19.1 Å². The average molecular weight is 604 g/mol. The summed E-state index contributed by atoms with van der Waals surface area (Å²) in [7, 11) is 0. The molecular weight excluding hydrogens is 532 g/mol. The van der Waals surface area contributed by atoms with Crippen LogP contribution in [0.3, 0.4) is 0 Å². The first-order valence-electron chi connectivity index (χ1n) is 18.6. The van der Waals surface area contributed by atoms with E-state index in [9.17, 15) is 9.59 Å². The molecule has 0 aliphatic rings. The Labute approximate surface area is 268 Å². The van der Waals surface area contributed by atoms with E-state index in [4.69, 9.17) is 9.47 Å². The largest absolute Gasteiger partial charge is 0.462 e. The molecule has 251 valence electrons. The fourth-order valence-corrected chi connectivity index (χ4v) is 5.22. The number of hydrogen-bond donors (Lipinski definition) is 0. The molecule has 0 bridgehead atoms. The summed E-state index contributed by atoms with van der Waals surface area (Å²) >= 11 is 0. The van der Waals surface area contributed by atoms with Gasteiger partial charge in [0.2, 0.25) is 0 Å². The second-order valence-corrected chi connectivity index (χ2v) is 12.5. The molecule has 43 heavy (non-hydrogen) atoms. The quantitative estimate of drug-likeness (QED) is 0.0425. The summed E-state index contributed by atoms with van der Waals surface area (Å²) in [5.41, 5.74) is 0. The lowest BCUT2D eigenvalue weighted by atomic mass is 10.1. The predicted octanol–water partition coefficient (Wildman–Crippen LogP) is 12.4. The molecule has 0 fully saturated rings. The van der Waals surface area contributed by atoms with Gasteiger partial charge >= 0.3 is 11.9 Å². The number of allylic oxidation sites excluding steroid dienone is 4. The number of rotatable bonds is 33. The molecule has 0 aliphatic heterocycles. The van der Waals surface area contributed by atoms with Gasteiger partial charge in [0.15, 0.2) is 0 Å². The fourth-order valence-electron chi connectivity index (χ4n) is 5.22. The Morgan fingerprint density at radius 2 is 0.814 bits per heavy atom. The number of hydrogen-bond acceptors (Lipinski definition) is 4. The lowest BCUT2D eigenvalue weighted by Gasteiger charge is -2.13. The van der Waals surface area contributed by atoms with Gasteiger partial charge in [-0.1, -0.05) is 141 Å². The maximum absolute atomic E-state index is 12.0. The van der Waals surface area contributed by atoms with Crippen molar-refractivity contribution in [3.05, 3.63) is 31.2 Å². The molecule has 1 unspecified atom stereocenters. The minimum absolute atomic E-state index is 0.0437. The summed E-state index contributed by atoms with van der Waals surface area (Å²) in [4.78, 5) is 24.0. The van der Waals surface area contributed by atoms with Crippen LogP contribution in [0.25, 0.3) is 0 Å². The van der Waals surface area contributed by atoms with E-state index in [1.54, 1.807) is 0 Å². The van der Waals surface area contributed by atoms with Crippen LogP contribution in [0.2, 0.25) is 0 Å². The van der Waals surface area contributed by atoms with Crippen LogP contribution in [-0.4, -0.2) is 24.6 Å². The highest BCUT2D eigenvalue weighted by Gasteiger charge is 2.12. The van der Waals surface area contributed by atoms with E-state index in [0.717, 1.165) is 44.9 Å². The van der Waals surface area contributed by atoms with Crippen LogP contribution >= 0.6 is 0 Å². The van der Waals surface area contributed by atoms with Gasteiger partial charge in [0.25, 0.3) is 0 Å². The predicted molar refractivity (Wildman–Crippen MR) is 185 cm³/mol. The Hall–Kier alpha value is -1.58. The van der Waals surface area contributed by atoms with Crippen molar-refractivity contribution in [2.75, 3.05) is 6.61 Å². The highest BCUT2D eigenvalue weighted by atomic mass is 16.6. The van der Waals surface area contributed by atoms with E-state index in [0.29, 0.717) is 12.8 Å². The normalized spacial score (nSPS) is 12.3. The van der Waals surface area contributed by atoms with Crippen molar-refractivity contribution in [3.63, 3.8) is 0 Å². The Balaban J connectivity index is 3.46. The smallest absolute Gasteiger partial charge is 0.306 e. The van der Waals surface area contributed by atoms with Gasteiger partial charge in [-0.05, 0) is 71.1 Å². The molecule has 0 aromatic heterocycles. The van der Waals surface area contributed by atoms with E-state index in [1.165, 1.54) is 122 Å². The van der Waals surface area contributed by atoms with Gasteiger partial charge < -0.3 is 9.47 Å². The molecule has 0 saturated carbocycles. The molecule has 0 N–H and O–H groups in total. The first-order valence-corrected chi connectivity index (χ1v) is 18.6. The van der Waals surface area contributed by atoms with Gasteiger partial charge in [-0.15, -0.1) is 0 Å². The Morgan fingerprint density at radius 3 is 1.21 bits per heavy atom. The lowest BCUT2D eigenvalue weighted by Crippen LogP contribution is -2.22. The first-order chi connectivity index (χ1) is 21.1. The summed E-state index contributed by atoms with van der Waals surface area (Å²) in [6, 6.07) is 0. The second-order valence-electron chi connectivity index (χ2n) is 12.5. The van der Waals surface area contributed by atoms with Crippen molar-refractivity contribution in [1.82, 2.24) is 0 Å². The third-order valence-electron chi connectivity index (χ3n) is 8.01. The van der Waals surface area contributed by atoms with Crippen molar-refractivity contribution >= 4 is 11.9 Å². The molecule has 0 saturated heterocycles. The van der Waals surface area contributed by atoms with E-state index in [2.05, 4.69) is 45.1 Å². The van der Waals surface area contributed by atoms with Gasteiger partial charge in [0.05, 0.1) is 0 Å². The highest BCUT2D eigenvalue weighted by molar-refractivity contribution is 5.70. The van der Waals surface area contributed by atoms with Crippen LogP contribution in [0.5, 0.6) is 0 Å². The summed E-state index contributed by atoms with van der Waals surface area (Å²) in [5.74, 6) is -0.467. The van der Waals surface area contributed by atoms with Crippen molar-refractivity contribution < 1.29 is 19.1 Å². The lowest BCUT2D eigenvalue weighted by molar-refractivity contribution is -0.156. The molecule has 4 heteroatoms. The molecule has 0 aromatic rings. The van der Waals surface area contributed by atoms with Gasteiger partial charge in [0, 0.05) is 12.8 Å². The number of carbonyl (C=O) groups is 2. The number of unbranched alkanes of at least 4 members (excludes halogenated alkanes) is 22. The van der Waals surface area contributed by atoms with Crippen molar-refractivity contribution in [3.8, 4) is 0 Å². The molecule has 0 heterocycles. The Bertz CT molecular complexity index is 654. The first kappa shape index (κ1) is 41.4. The Morgan fingerprint density at radius 1 is 0.488 bits per heavy atom. The summed E-state index contributed by atoms with van der Waals surface area (Å²) in [6.45, 7) is 8.38. The Kier molecular flexibility index (Phi) is 33.6. The maximum atomic E-state index is 12.0. The summed E-state index contributed by atoms with van der Waals surface area (Å²) in [6.07, 6.45) is 41.6. The molecule has 1 radical (unpaired) electrons. The monoisotopic (exact) mass is 604 g/mol. The minimum atomic E-state index is -0.631. The standard InChI is InChI=1S/C39H71O4/c1-4-6-8-10-12-14-16-18-20-22-24-26-28-30-32-34-38(40)42-36-37(3)43-39(41)35-33-31-29-27-25-23-21-19-17-15-13-11-9-7-5-2/h18-21,37H,3-17,22-36H2,1-2H3/b20-18-,21-19-. The van der Waals surface area contributed by atoms with E-state index in [-0.39, 0.29) is 18.5 Å². The number of carbonyl (C=O) groups excluding carboxylic acids is 2. The van der Waals surface area contributed by atoms with E-state index in [1.807, 2.05) is 0 Å². The topological polar surface area (TPSA) is 52.6 Å². The number of esters is 2. The van der Waals surface area contributed by atoms with Crippen molar-refractivity contribution in [2.24, 2.45) is 0 Å². The average Bonchev–Trinajstić information content (AvgIpc) is 3.00.